The topological polar surface area (TPSA) is 12.4 Å². The molecule has 0 radical (unpaired) electrons. The molecule has 0 saturated carbocycles. The van der Waals surface area contributed by atoms with Gasteiger partial charge in [0, 0.05) is 0 Å². The van der Waals surface area contributed by atoms with Crippen LogP contribution in [0.25, 0.3) is 22.3 Å². The molecule has 0 spiro atoms. The molecule has 0 aliphatic heterocycles. The second-order valence-corrected chi connectivity index (χ2v) is 12.3. The van der Waals surface area contributed by atoms with Crippen LogP contribution in [0, 0.1) is 13.0 Å². The van der Waals surface area contributed by atoms with Crippen LogP contribution in [0.3, 0.4) is 0 Å². The molecule has 0 aliphatic carbocycles. The summed E-state index contributed by atoms with van der Waals surface area (Å²) < 4.78 is 0. The Morgan fingerprint density at radius 3 is 2.10 bits per heavy atom. The minimum atomic E-state index is 0.862. The number of aliphatic imine (C=N–C) groups is 1. The third-order valence-electron chi connectivity index (χ3n) is 6.52. The Morgan fingerprint density at radius 2 is 1.49 bits per heavy atom. The zero-order valence-corrected chi connectivity index (χ0v) is 26.4. The number of allylic oxidation sites excluding steroid dienone is 1. The molecule has 4 aromatic rings. The summed E-state index contributed by atoms with van der Waals surface area (Å²) in [7, 11) is 4.85. The second kappa shape index (κ2) is 16.6. The fraction of sp³-hybridized carbons (Fsp3) is 0.229. The van der Waals surface area contributed by atoms with Crippen molar-refractivity contribution in [1.29, 1.82) is 0 Å². The standard InChI is InChI=1S/C35H36N.BrH.ClH.Ni/c1-5-7-14-31-25-33(19-20-34(31)30-17-12-9-13-18-30)36-35(6-2)27(4)23-28-21-26(3)22-32(24-28)29-15-10-8-11-16-29;;;/h8-13,15-22,24-25H,5-7,14H2,1-4H3;2*1H;/q-1;;;+3/p-2. The molecule has 1 nitrogen and oxygen atoms in total. The van der Waals surface area contributed by atoms with E-state index in [-0.39, 0.29) is 0 Å². The van der Waals surface area contributed by atoms with E-state index in [0.717, 1.165) is 47.2 Å². The first-order chi connectivity index (χ1) is 19.0. The summed E-state index contributed by atoms with van der Waals surface area (Å²) in [5, 5.41) is 0. The van der Waals surface area contributed by atoms with Crippen molar-refractivity contribution < 1.29 is 11.8 Å². The van der Waals surface area contributed by atoms with Crippen LogP contribution in [-0.2, 0) is 18.2 Å². The summed E-state index contributed by atoms with van der Waals surface area (Å²) in [6, 6.07) is 34.5. The Morgan fingerprint density at radius 1 is 0.846 bits per heavy atom. The van der Waals surface area contributed by atoms with E-state index >= 15 is 0 Å². The molecule has 0 aliphatic rings. The molecular weight excluding hydrogens is 608 g/mol. The third-order valence-corrected chi connectivity index (χ3v) is 6.52. The van der Waals surface area contributed by atoms with Crippen LogP contribution < -0.4 is 0 Å². The van der Waals surface area contributed by atoms with Gasteiger partial charge in [-0.1, -0.05) is 111 Å². The second-order valence-electron chi connectivity index (χ2n) is 9.47. The number of hydrogen-bond donors (Lipinski definition) is 0. The molecule has 0 atom stereocenters. The maximum atomic E-state index is 5.10. The van der Waals surface area contributed by atoms with Crippen LogP contribution in [0.4, 0.5) is 5.69 Å². The summed E-state index contributed by atoms with van der Waals surface area (Å²) in [4.78, 5) is 5.10. The van der Waals surface area contributed by atoms with E-state index in [4.69, 9.17) is 15.2 Å². The Balaban J connectivity index is 0.00000134. The van der Waals surface area contributed by atoms with E-state index in [9.17, 15) is 0 Å². The molecule has 0 fully saturated rings. The van der Waals surface area contributed by atoms with Crippen molar-refractivity contribution in [3.8, 4) is 22.3 Å². The van der Waals surface area contributed by atoms with E-state index in [1.54, 1.807) is 0 Å². The molecule has 0 bridgehead atoms. The molecule has 0 N–H and O–H groups in total. The summed E-state index contributed by atoms with van der Waals surface area (Å²) >= 11 is 3.76. The van der Waals surface area contributed by atoms with Crippen LogP contribution in [0.5, 0.6) is 0 Å². The van der Waals surface area contributed by atoms with E-state index in [2.05, 4.69) is 145 Å². The Hall–Kier alpha value is -2.45. The Labute approximate surface area is 252 Å². The van der Waals surface area contributed by atoms with E-state index in [1.165, 1.54) is 46.2 Å². The van der Waals surface area contributed by atoms with Crippen LogP contribution >= 0.6 is 24.4 Å². The monoisotopic (exact) mass is 642 g/mol. The molecule has 4 heteroatoms. The fourth-order valence-corrected chi connectivity index (χ4v) is 4.65. The van der Waals surface area contributed by atoms with Crippen molar-refractivity contribution in [3.05, 3.63) is 125 Å². The van der Waals surface area contributed by atoms with Crippen molar-refractivity contribution in [1.82, 2.24) is 0 Å². The van der Waals surface area contributed by atoms with E-state index in [1.807, 2.05) is 0 Å². The predicted octanol–water partition coefficient (Wildman–Crippen LogP) is 11.5. The zero-order valence-electron chi connectivity index (χ0n) is 23.1. The van der Waals surface area contributed by atoms with Gasteiger partial charge in [-0.15, -0.1) is 29.3 Å². The van der Waals surface area contributed by atoms with Gasteiger partial charge in [-0.05, 0) is 66.3 Å². The van der Waals surface area contributed by atoms with E-state index < -0.39 is 0 Å². The van der Waals surface area contributed by atoms with Crippen LogP contribution in [0.2, 0.25) is 0 Å². The van der Waals surface area contributed by atoms with Gasteiger partial charge in [0.15, 0.2) is 0 Å². The van der Waals surface area contributed by atoms with Gasteiger partial charge >= 0.3 is 36.2 Å². The molecule has 0 heterocycles. The predicted molar refractivity (Wildman–Crippen MR) is 171 cm³/mol. The number of aryl methyl sites for hydroxylation is 2. The molecule has 0 aromatic heterocycles. The van der Waals surface area contributed by atoms with E-state index in [0.29, 0.717) is 0 Å². The maximum absolute atomic E-state index is 5.10. The van der Waals surface area contributed by atoms with Crippen molar-refractivity contribution in [2.24, 2.45) is 4.99 Å². The number of halogens is 2. The molecule has 39 heavy (non-hydrogen) atoms. The average molecular weight is 645 g/mol. The van der Waals surface area contributed by atoms with Crippen LogP contribution in [0.1, 0.15) is 56.7 Å². The summed E-state index contributed by atoms with van der Waals surface area (Å²) in [6.45, 7) is 8.70. The first-order valence-corrected chi connectivity index (χ1v) is 17.1. The van der Waals surface area contributed by atoms with Crippen LogP contribution in [-0.4, -0.2) is 5.71 Å². The van der Waals surface area contributed by atoms with Gasteiger partial charge in [0.1, 0.15) is 0 Å². The average Bonchev–Trinajstić information content (AvgIpc) is 2.96. The zero-order chi connectivity index (χ0) is 28.0. The van der Waals surface area contributed by atoms with Crippen molar-refractivity contribution >= 4 is 35.8 Å². The quantitative estimate of drug-likeness (QED) is 0.0977. The molecule has 0 amide bonds. The van der Waals surface area contributed by atoms with Crippen molar-refractivity contribution in [3.63, 3.8) is 0 Å². The fourth-order valence-electron chi connectivity index (χ4n) is 4.65. The number of rotatable bonds is 9. The summed E-state index contributed by atoms with van der Waals surface area (Å²) in [5.74, 6) is 0. The Kier molecular flexibility index (Phi) is 13.2. The number of unbranched alkanes of at least 4 members (excludes halogenated alkanes) is 1. The van der Waals surface area contributed by atoms with Gasteiger partial charge in [0.2, 0.25) is 0 Å². The third kappa shape index (κ3) is 9.61. The first kappa shape index (κ1) is 31.1. The molecular formula is C35H36BrClNNi. The van der Waals surface area contributed by atoms with Crippen LogP contribution in [0.15, 0.2) is 108 Å². The molecule has 0 saturated heterocycles. The number of benzene rings is 4. The molecule has 4 rings (SSSR count). The van der Waals surface area contributed by atoms with Gasteiger partial charge in [0.25, 0.3) is 0 Å². The van der Waals surface area contributed by atoms with Gasteiger partial charge < -0.3 is 4.99 Å². The van der Waals surface area contributed by atoms with Gasteiger partial charge in [-0.3, -0.25) is 0 Å². The number of nitrogens with zero attached hydrogens (tertiary/aromatic N) is 1. The SMILES string of the molecule is CCCCc1cc(N=C(CC)C(C)=[C-]c2cc(C)cc(-c3ccccc3)c2)ccc1-c1ccccc1.[Cl][Ni+][Br]. The minimum absolute atomic E-state index is 0.862. The summed E-state index contributed by atoms with van der Waals surface area (Å²) in [6.07, 6.45) is 7.92. The van der Waals surface area contributed by atoms with Gasteiger partial charge in [-0.2, -0.15) is 0 Å². The Bertz CT molecular complexity index is 1380. The molecule has 4 aromatic carbocycles. The molecule has 205 valence electrons. The normalized spacial score (nSPS) is 11.7. The van der Waals surface area contributed by atoms with Gasteiger partial charge in [0.05, 0.1) is 5.69 Å². The summed E-state index contributed by atoms with van der Waals surface area (Å²) in [5.41, 5.74) is 11.9. The molecule has 0 unspecified atom stereocenters. The van der Waals surface area contributed by atoms with Crippen molar-refractivity contribution in [2.45, 2.75) is 53.4 Å². The first-order valence-electron chi connectivity index (χ1n) is 13.3. The number of hydrogen-bond acceptors (Lipinski definition) is 1. The van der Waals surface area contributed by atoms with Gasteiger partial charge in [-0.25, -0.2) is 0 Å². The van der Waals surface area contributed by atoms with Crippen molar-refractivity contribution in [2.75, 3.05) is 0 Å².